The molecule has 1 N–H and O–H groups in total. The maximum absolute atomic E-state index is 5.74. The molecule has 1 fully saturated rings. The van der Waals surface area contributed by atoms with Crippen molar-refractivity contribution in [3.05, 3.63) is 0 Å². The maximum Gasteiger partial charge on any atom is 0.0704 e. The van der Waals surface area contributed by atoms with Crippen molar-refractivity contribution in [3.8, 4) is 0 Å². The Morgan fingerprint density at radius 1 is 1.14 bits per heavy atom. The topological polar surface area (TPSA) is 30.5 Å². The highest BCUT2D eigenvalue weighted by atomic mass is 16.5. The minimum absolute atomic E-state index is 0.454. The van der Waals surface area contributed by atoms with Gasteiger partial charge in [-0.05, 0) is 38.8 Å². The first-order valence-corrected chi connectivity index (χ1v) is 5.83. The van der Waals surface area contributed by atoms with E-state index in [4.69, 9.17) is 9.47 Å². The van der Waals surface area contributed by atoms with E-state index in [1.54, 1.807) is 0 Å². The fraction of sp³-hybridized carbons (Fsp3) is 1.00. The van der Waals surface area contributed by atoms with E-state index >= 15 is 0 Å². The van der Waals surface area contributed by atoms with Gasteiger partial charge in [-0.2, -0.15) is 0 Å². The normalized spacial score (nSPS) is 23.4. The van der Waals surface area contributed by atoms with Crippen LogP contribution in [0.1, 0.15) is 32.6 Å². The standard InChI is InChI=1S/C11H23NO2/c1-2-8-13-9-10-14-11-4-3-6-12-7-5-11/h11-12H,2-10H2,1H3. The zero-order chi connectivity index (χ0) is 10.1. The first kappa shape index (κ1) is 12.0. The molecular formula is C11H23NO2. The van der Waals surface area contributed by atoms with Crippen molar-refractivity contribution in [1.82, 2.24) is 5.32 Å². The largest absolute Gasteiger partial charge is 0.379 e. The Balaban J connectivity index is 1.93. The lowest BCUT2D eigenvalue weighted by molar-refractivity contribution is 0.000387. The molecule has 3 heteroatoms. The summed E-state index contributed by atoms with van der Waals surface area (Å²) in [5.41, 5.74) is 0. The Morgan fingerprint density at radius 2 is 2.07 bits per heavy atom. The number of hydrogen-bond acceptors (Lipinski definition) is 3. The van der Waals surface area contributed by atoms with Crippen LogP contribution in [0, 0.1) is 0 Å². The molecule has 0 aromatic carbocycles. The number of rotatable bonds is 6. The fourth-order valence-corrected chi connectivity index (χ4v) is 1.67. The molecule has 0 aromatic rings. The van der Waals surface area contributed by atoms with E-state index in [1.807, 2.05) is 0 Å². The first-order valence-electron chi connectivity index (χ1n) is 5.83. The van der Waals surface area contributed by atoms with Crippen molar-refractivity contribution in [1.29, 1.82) is 0 Å². The van der Waals surface area contributed by atoms with Gasteiger partial charge < -0.3 is 14.8 Å². The monoisotopic (exact) mass is 201 g/mol. The van der Waals surface area contributed by atoms with Crippen LogP contribution < -0.4 is 5.32 Å². The van der Waals surface area contributed by atoms with Crippen LogP contribution in [0.4, 0.5) is 0 Å². The molecule has 1 rings (SSSR count). The lowest BCUT2D eigenvalue weighted by Gasteiger charge is -2.14. The second kappa shape index (κ2) is 8.21. The molecule has 0 spiro atoms. The minimum Gasteiger partial charge on any atom is -0.379 e. The summed E-state index contributed by atoms with van der Waals surface area (Å²) >= 11 is 0. The molecule has 1 aliphatic rings. The predicted octanol–water partition coefficient (Wildman–Crippen LogP) is 1.57. The smallest absolute Gasteiger partial charge is 0.0704 e. The summed E-state index contributed by atoms with van der Waals surface area (Å²) in [5.74, 6) is 0. The van der Waals surface area contributed by atoms with E-state index in [1.165, 1.54) is 12.8 Å². The quantitative estimate of drug-likeness (QED) is 0.662. The zero-order valence-electron chi connectivity index (χ0n) is 9.26. The zero-order valence-corrected chi connectivity index (χ0v) is 9.26. The molecule has 1 saturated heterocycles. The van der Waals surface area contributed by atoms with Crippen LogP contribution in [-0.4, -0.2) is 39.0 Å². The van der Waals surface area contributed by atoms with Gasteiger partial charge in [-0.25, -0.2) is 0 Å². The lowest BCUT2D eigenvalue weighted by atomic mass is 10.2. The predicted molar refractivity (Wildman–Crippen MR) is 57.6 cm³/mol. The van der Waals surface area contributed by atoms with Crippen molar-refractivity contribution in [2.45, 2.75) is 38.7 Å². The Labute approximate surface area is 87.2 Å². The molecule has 0 aliphatic carbocycles. The maximum atomic E-state index is 5.74. The highest BCUT2D eigenvalue weighted by molar-refractivity contribution is 4.66. The molecule has 0 aromatic heterocycles. The highest BCUT2D eigenvalue weighted by Gasteiger charge is 2.11. The molecule has 84 valence electrons. The molecule has 1 atom stereocenters. The SMILES string of the molecule is CCCOCCOC1CCCNCC1. The summed E-state index contributed by atoms with van der Waals surface area (Å²) < 4.78 is 11.1. The first-order chi connectivity index (χ1) is 6.93. The Kier molecular flexibility index (Phi) is 7.01. The molecule has 0 radical (unpaired) electrons. The van der Waals surface area contributed by atoms with Gasteiger partial charge in [0.2, 0.25) is 0 Å². The summed E-state index contributed by atoms with van der Waals surface area (Å²) in [6, 6.07) is 0. The Bertz CT molecular complexity index is 122. The molecular weight excluding hydrogens is 178 g/mol. The summed E-state index contributed by atoms with van der Waals surface area (Å²) in [7, 11) is 0. The molecule has 0 saturated carbocycles. The summed E-state index contributed by atoms with van der Waals surface area (Å²) in [5, 5.41) is 3.38. The van der Waals surface area contributed by atoms with E-state index < -0.39 is 0 Å². The van der Waals surface area contributed by atoms with E-state index in [-0.39, 0.29) is 0 Å². The van der Waals surface area contributed by atoms with Gasteiger partial charge >= 0.3 is 0 Å². The molecule has 3 nitrogen and oxygen atoms in total. The van der Waals surface area contributed by atoms with Crippen molar-refractivity contribution < 1.29 is 9.47 Å². The van der Waals surface area contributed by atoms with E-state index in [0.29, 0.717) is 6.10 Å². The van der Waals surface area contributed by atoms with Gasteiger partial charge in [0, 0.05) is 6.61 Å². The van der Waals surface area contributed by atoms with Crippen molar-refractivity contribution in [2.75, 3.05) is 32.9 Å². The minimum atomic E-state index is 0.454. The molecule has 14 heavy (non-hydrogen) atoms. The third-order valence-corrected chi connectivity index (χ3v) is 2.45. The third kappa shape index (κ3) is 5.58. The summed E-state index contributed by atoms with van der Waals surface area (Å²) in [4.78, 5) is 0. The number of nitrogens with one attached hydrogen (secondary N) is 1. The van der Waals surface area contributed by atoms with Crippen LogP contribution in [-0.2, 0) is 9.47 Å². The van der Waals surface area contributed by atoms with Gasteiger partial charge in [0.1, 0.15) is 0 Å². The van der Waals surface area contributed by atoms with Crippen LogP contribution in [0.5, 0.6) is 0 Å². The molecule has 0 bridgehead atoms. The second-order valence-corrected chi connectivity index (χ2v) is 3.79. The van der Waals surface area contributed by atoms with Gasteiger partial charge in [0.15, 0.2) is 0 Å². The number of ether oxygens (including phenoxy) is 2. The van der Waals surface area contributed by atoms with Gasteiger partial charge in [0.05, 0.1) is 19.3 Å². The summed E-state index contributed by atoms with van der Waals surface area (Å²) in [6.45, 7) is 6.72. The van der Waals surface area contributed by atoms with Crippen LogP contribution >= 0.6 is 0 Å². The van der Waals surface area contributed by atoms with Gasteiger partial charge in [0.25, 0.3) is 0 Å². The van der Waals surface area contributed by atoms with Gasteiger partial charge in [-0.3, -0.25) is 0 Å². The van der Waals surface area contributed by atoms with Crippen molar-refractivity contribution in [2.24, 2.45) is 0 Å². The van der Waals surface area contributed by atoms with Crippen LogP contribution in [0.25, 0.3) is 0 Å². The van der Waals surface area contributed by atoms with Crippen LogP contribution in [0.15, 0.2) is 0 Å². The molecule has 0 amide bonds. The van der Waals surface area contributed by atoms with Crippen molar-refractivity contribution in [3.63, 3.8) is 0 Å². The Morgan fingerprint density at radius 3 is 2.93 bits per heavy atom. The van der Waals surface area contributed by atoms with E-state index in [2.05, 4.69) is 12.2 Å². The molecule has 1 heterocycles. The van der Waals surface area contributed by atoms with Crippen LogP contribution in [0.2, 0.25) is 0 Å². The van der Waals surface area contributed by atoms with Crippen LogP contribution in [0.3, 0.4) is 0 Å². The fourth-order valence-electron chi connectivity index (χ4n) is 1.67. The lowest BCUT2D eigenvalue weighted by Crippen LogP contribution is -2.19. The second-order valence-electron chi connectivity index (χ2n) is 3.79. The average molecular weight is 201 g/mol. The molecule has 1 aliphatic heterocycles. The van der Waals surface area contributed by atoms with Crippen molar-refractivity contribution >= 4 is 0 Å². The van der Waals surface area contributed by atoms with E-state index in [0.717, 1.165) is 45.8 Å². The van der Waals surface area contributed by atoms with Gasteiger partial charge in [-0.15, -0.1) is 0 Å². The van der Waals surface area contributed by atoms with E-state index in [9.17, 15) is 0 Å². The summed E-state index contributed by atoms with van der Waals surface area (Å²) in [6.07, 6.45) is 5.12. The third-order valence-electron chi connectivity index (χ3n) is 2.45. The van der Waals surface area contributed by atoms with Gasteiger partial charge in [-0.1, -0.05) is 6.92 Å². The Hall–Kier alpha value is -0.120. The highest BCUT2D eigenvalue weighted by Crippen LogP contribution is 2.08. The average Bonchev–Trinajstić information content (AvgIpc) is 2.46. The number of hydrogen-bond donors (Lipinski definition) is 1. The molecule has 1 unspecified atom stereocenters.